The van der Waals surface area contributed by atoms with Gasteiger partial charge in [0.2, 0.25) is 0 Å². The summed E-state index contributed by atoms with van der Waals surface area (Å²) in [7, 11) is 0. The molecule has 0 aromatic carbocycles. The van der Waals surface area contributed by atoms with Crippen molar-refractivity contribution in [1.82, 2.24) is 9.71 Å². The standard InChI is InChI=1S/C13H19ClN2OS/c1-5-6-11(16-18(17)13(2,3)4)12-9-10(14)7-8-15-12/h5,7-9,11,16H,1,6H2,2-4H3/t11-,18+/m0/s1. The highest BCUT2D eigenvalue weighted by molar-refractivity contribution is 7.90. The molecule has 0 aliphatic carbocycles. The van der Waals surface area contributed by atoms with Crippen molar-refractivity contribution in [3.63, 3.8) is 0 Å². The third-order valence-corrected chi connectivity index (χ3v) is 4.15. The molecule has 1 rings (SSSR count). The van der Waals surface area contributed by atoms with Crippen LogP contribution in [0.3, 0.4) is 0 Å². The first-order valence-electron chi connectivity index (χ1n) is 5.75. The summed E-state index contributed by atoms with van der Waals surface area (Å²) in [5.41, 5.74) is 0.778. The Morgan fingerprint density at radius 3 is 2.78 bits per heavy atom. The molecule has 2 atom stereocenters. The van der Waals surface area contributed by atoms with E-state index in [9.17, 15) is 4.55 Å². The largest absolute Gasteiger partial charge is 0.598 e. The zero-order valence-electron chi connectivity index (χ0n) is 10.9. The Labute approximate surface area is 117 Å². The van der Waals surface area contributed by atoms with Gasteiger partial charge in [0.15, 0.2) is 0 Å². The molecule has 0 spiro atoms. The van der Waals surface area contributed by atoms with Crippen LogP contribution in [0.25, 0.3) is 0 Å². The Bertz CT molecular complexity index is 406. The molecular weight excluding hydrogens is 268 g/mol. The second-order valence-corrected chi connectivity index (χ2v) is 7.41. The minimum atomic E-state index is -1.16. The number of hydrogen-bond donors (Lipinski definition) is 1. The zero-order valence-corrected chi connectivity index (χ0v) is 12.5. The lowest BCUT2D eigenvalue weighted by Gasteiger charge is -2.27. The first-order valence-corrected chi connectivity index (χ1v) is 7.27. The molecule has 0 saturated carbocycles. The number of halogens is 1. The van der Waals surface area contributed by atoms with E-state index in [0.29, 0.717) is 11.4 Å². The van der Waals surface area contributed by atoms with Crippen molar-refractivity contribution in [3.05, 3.63) is 41.7 Å². The van der Waals surface area contributed by atoms with Crippen LogP contribution in [-0.4, -0.2) is 14.3 Å². The molecule has 1 aromatic rings. The van der Waals surface area contributed by atoms with Crippen LogP contribution < -0.4 is 4.72 Å². The Morgan fingerprint density at radius 1 is 1.61 bits per heavy atom. The van der Waals surface area contributed by atoms with Crippen LogP contribution in [0.1, 0.15) is 38.9 Å². The van der Waals surface area contributed by atoms with Crippen molar-refractivity contribution in [2.45, 2.75) is 38.0 Å². The fourth-order valence-electron chi connectivity index (χ4n) is 1.31. The molecule has 1 heterocycles. The third-order valence-electron chi connectivity index (χ3n) is 2.31. The lowest BCUT2D eigenvalue weighted by molar-refractivity contribution is 0.521. The van der Waals surface area contributed by atoms with Crippen molar-refractivity contribution in [3.8, 4) is 0 Å². The maximum Gasteiger partial charge on any atom is 0.136 e. The topological polar surface area (TPSA) is 48.0 Å². The average molecular weight is 287 g/mol. The molecule has 0 saturated heterocycles. The number of rotatable bonds is 5. The first-order chi connectivity index (χ1) is 8.34. The fourth-order valence-corrected chi connectivity index (χ4v) is 2.31. The molecule has 1 aromatic heterocycles. The molecular formula is C13H19ClN2OS. The van der Waals surface area contributed by atoms with Crippen LogP contribution in [0.15, 0.2) is 31.0 Å². The first kappa shape index (κ1) is 15.5. The Balaban J connectivity index is 2.86. The smallest absolute Gasteiger partial charge is 0.136 e. The van der Waals surface area contributed by atoms with E-state index in [1.807, 2.05) is 20.8 Å². The SMILES string of the molecule is C=CC[C@H](N[S@+]([O-])C(C)(C)C)c1cc(Cl)ccn1. The molecule has 18 heavy (non-hydrogen) atoms. The van der Waals surface area contributed by atoms with Crippen LogP contribution in [0.5, 0.6) is 0 Å². The lowest BCUT2D eigenvalue weighted by Crippen LogP contribution is -2.41. The molecule has 100 valence electrons. The second kappa shape index (κ2) is 6.57. The normalized spacial score (nSPS) is 15.2. The minimum absolute atomic E-state index is 0.138. The van der Waals surface area contributed by atoms with E-state index in [4.69, 9.17) is 11.6 Å². The van der Waals surface area contributed by atoms with Crippen molar-refractivity contribution in [2.75, 3.05) is 0 Å². The predicted molar refractivity (Wildman–Crippen MR) is 77.8 cm³/mol. The summed E-state index contributed by atoms with van der Waals surface area (Å²) in [5, 5.41) is 0.623. The van der Waals surface area contributed by atoms with Crippen LogP contribution in [-0.2, 0) is 11.4 Å². The fraction of sp³-hybridized carbons (Fsp3) is 0.462. The summed E-state index contributed by atoms with van der Waals surface area (Å²) in [6, 6.07) is 3.36. The number of nitrogens with one attached hydrogen (secondary N) is 1. The molecule has 0 amide bonds. The summed E-state index contributed by atoms with van der Waals surface area (Å²) in [4.78, 5) is 4.26. The summed E-state index contributed by atoms with van der Waals surface area (Å²) in [6.45, 7) is 9.49. The van der Waals surface area contributed by atoms with E-state index in [1.165, 1.54) is 0 Å². The van der Waals surface area contributed by atoms with E-state index in [2.05, 4.69) is 16.3 Å². The second-order valence-electron chi connectivity index (χ2n) is 4.97. The van der Waals surface area contributed by atoms with Gasteiger partial charge in [0.05, 0.1) is 11.7 Å². The zero-order chi connectivity index (χ0) is 13.8. The van der Waals surface area contributed by atoms with Gasteiger partial charge in [-0.3, -0.25) is 4.98 Å². The van der Waals surface area contributed by atoms with E-state index in [1.54, 1.807) is 24.4 Å². The number of hydrogen-bond acceptors (Lipinski definition) is 3. The highest BCUT2D eigenvalue weighted by Gasteiger charge is 2.29. The Morgan fingerprint density at radius 2 is 2.28 bits per heavy atom. The van der Waals surface area contributed by atoms with Crippen molar-refractivity contribution < 1.29 is 4.55 Å². The van der Waals surface area contributed by atoms with Gasteiger partial charge in [0.25, 0.3) is 0 Å². The van der Waals surface area contributed by atoms with Gasteiger partial charge in [-0.15, -0.1) is 11.3 Å². The van der Waals surface area contributed by atoms with Gasteiger partial charge in [-0.05, 0) is 39.3 Å². The number of aromatic nitrogens is 1. The van der Waals surface area contributed by atoms with Gasteiger partial charge in [0.1, 0.15) is 4.75 Å². The molecule has 0 fully saturated rings. The van der Waals surface area contributed by atoms with Gasteiger partial charge >= 0.3 is 0 Å². The highest BCUT2D eigenvalue weighted by Crippen LogP contribution is 2.23. The number of pyridine rings is 1. The van der Waals surface area contributed by atoms with Crippen molar-refractivity contribution in [1.29, 1.82) is 0 Å². The van der Waals surface area contributed by atoms with E-state index < -0.39 is 11.4 Å². The summed E-state index contributed by atoms with van der Waals surface area (Å²) < 4.78 is 14.9. The van der Waals surface area contributed by atoms with E-state index >= 15 is 0 Å². The predicted octanol–water partition coefficient (Wildman–Crippen LogP) is 3.40. The summed E-state index contributed by atoms with van der Waals surface area (Å²) >= 11 is 4.79. The maximum absolute atomic E-state index is 12.1. The van der Waals surface area contributed by atoms with Crippen LogP contribution in [0, 0.1) is 0 Å². The van der Waals surface area contributed by atoms with E-state index in [0.717, 1.165) is 5.69 Å². The van der Waals surface area contributed by atoms with Gasteiger partial charge in [0, 0.05) is 22.6 Å². The van der Waals surface area contributed by atoms with Crippen molar-refractivity contribution in [2.24, 2.45) is 0 Å². The maximum atomic E-state index is 12.1. The Hall–Kier alpha value is -0.550. The monoisotopic (exact) mass is 286 g/mol. The van der Waals surface area contributed by atoms with Crippen LogP contribution >= 0.6 is 11.6 Å². The van der Waals surface area contributed by atoms with Crippen LogP contribution in [0.2, 0.25) is 5.02 Å². The highest BCUT2D eigenvalue weighted by atomic mass is 35.5. The van der Waals surface area contributed by atoms with Gasteiger partial charge < -0.3 is 4.55 Å². The molecule has 0 radical (unpaired) electrons. The summed E-state index contributed by atoms with van der Waals surface area (Å²) in [5.74, 6) is 0. The van der Waals surface area contributed by atoms with Crippen molar-refractivity contribution >= 4 is 23.0 Å². The van der Waals surface area contributed by atoms with Gasteiger partial charge in [-0.1, -0.05) is 17.7 Å². The molecule has 1 N–H and O–H groups in total. The average Bonchev–Trinajstić information content (AvgIpc) is 2.27. The molecule has 0 aliphatic rings. The Kier molecular flexibility index (Phi) is 5.66. The van der Waals surface area contributed by atoms with Gasteiger partial charge in [-0.2, -0.15) is 0 Å². The quantitative estimate of drug-likeness (QED) is 0.666. The summed E-state index contributed by atoms with van der Waals surface area (Å²) in [6.07, 6.45) is 4.07. The lowest BCUT2D eigenvalue weighted by atomic mass is 10.1. The molecule has 0 bridgehead atoms. The van der Waals surface area contributed by atoms with Crippen LogP contribution in [0.4, 0.5) is 0 Å². The molecule has 5 heteroatoms. The minimum Gasteiger partial charge on any atom is -0.598 e. The van der Waals surface area contributed by atoms with E-state index in [-0.39, 0.29) is 10.8 Å². The van der Waals surface area contributed by atoms with Gasteiger partial charge in [-0.25, -0.2) is 0 Å². The third kappa shape index (κ3) is 4.61. The molecule has 0 unspecified atom stereocenters. The molecule has 3 nitrogen and oxygen atoms in total. The number of nitrogens with zero attached hydrogens (tertiary/aromatic N) is 1. The molecule has 0 aliphatic heterocycles.